The summed E-state index contributed by atoms with van der Waals surface area (Å²) in [5.41, 5.74) is 2.84. The van der Waals surface area contributed by atoms with Crippen LogP contribution in [0.25, 0.3) is 0 Å². The number of ether oxygens (including phenoxy) is 2. The van der Waals surface area contributed by atoms with E-state index in [4.69, 9.17) is 9.47 Å². The fraction of sp³-hybridized carbons (Fsp3) is 0.375. The molecule has 0 radical (unpaired) electrons. The lowest BCUT2D eigenvalue weighted by Gasteiger charge is -2.32. The van der Waals surface area contributed by atoms with E-state index in [-0.39, 0.29) is 29.0 Å². The van der Waals surface area contributed by atoms with E-state index < -0.39 is 28.5 Å². The first-order chi connectivity index (χ1) is 19.9. The highest BCUT2D eigenvalue weighted by atomic mass is 32.2. The van der Waals surface area contributed by atoms with Crippen LogP contribution in [0.15, 0.2) is 71.6 Å². The van der Waals surface area contributed by atoms with Gasteiger partial charge >= 0.3 is 0 Å². The molecule has 0 saturated carbocycles. The maximum absolute atomic E-state index is 14.2. The highest BCUT2D eigenvalue weighted by Gasteiger charge is 2.33. The van der Waals surface area contributed by atoms with Crippen molar-refractivity contribution in [3.8, 4) is 11.5 Å². The third-order valence-electron chi connectivity index (χ3n) is 6.76. The van der Waals surface area contributed by atoms with E-state index in [9.17, 15) is 18.0 Å². The Hall–Kier alpha value is -4.05. The van der Waals surface area contributed by atoms with Gasteiger partial charge in [-0.15, -0.1) is 0 Å². The van der Waals surface area contributed by atoms with E-state index in [1.165, 1.54) is 37.3 Å². The largest absolute Gasteiger partial charge is 0.493 e. The molecule has 9 nitrogen and oxygen atoms in total. The molecular weight excluding hydrogens is 554 g/mol. The molecule has 0 aliphatic heterocycles. The van der Waals surface area contributed by atoms with Crippen LogP contribution in [0.1, 0.15) is 37.5 Å². The SMILES string of the molecule is COc1ccc(S(=O)(=O)N(CC(=O)N(Cc2ccccc2)C(C)C(=O)NCC(C)C)c2cc(C)cc(C)c2)cc1OC. The van der Waals surface area contributed by atoms with Gasteiger partial charge in [-0.2, -0.15) is 0 Å². The van der Waals surface area contributed by atoms with E-state index in [1.807, 2.05) is 64.1 Å². The van der Waals surface area contributed by atoms with Crippen molar-refractivity contribution in [3.05, 3.63) is 83.4 Å². The first-order valence-electron chi connectivity index (χ1n) is 13.8. The molecule has 42 heavy (non-hydrogen) atoms. The molecule has 1 atom stereocenters. The Morgan fingerprint density at radius 2 is 1.48 bits per heavy atom. The summed E-state index contributed by atoms with van der Waals surface area (Å²) in [6, 6.07) is 18.1. The number of benzene rings is 3. The van der Waals surface area contributed by atoms with Gasteiger partial charge < -0.3 is 19.7 Å². The molecule has 0 fully saturated rings. The first-order valence-corrected chi connectivity index (χ1v) is 15.3. The number of methoxy groups -OCH3 is 2. The van der Waals surface area contributed by atoms with Gasteiger partial charge in [0.15, 0.2) is 11.5 Å². The van der Waals surface area contributed by atoms with E-state index in [2.05, 4.69) is 5.32 Å². The Bertz CT molecular complexity index is 1470. The zero-order valence-electron chi connectivity index (χ0n) is 25.4. The smallest absolute Gasteiger partial charge is 0.264 e. The number of carbonyl (C=O) groups is 2. The van der Waals surface area contributed by atoms with Crippen molar-refractivity contribution in [1.82, 2.24) is 10.2 Å². The maximum atomic E-state index is 14.2. The monoisotopic (exact) mass is 595 g/mol. The third-order valence-corrected chi connectivity index (χ3v) is 8.53. The number of aryl methyl sites for hydroxylation is 2. The van der Waals surface area contributed by atoms with E-state index in [0.29, 0.717) is 18.0 Å². The zero-order chi connectivity index (χ0) is 31.0. The summed E-state index contributed by atoms with van der Waals surface area (Å²) in [4.78, 5) is 28.6. The summed E-state index contributed by atoms with van der Waals surface area (Å²) in [7, 11) is -1.38. The van der Waals surface area contributed by atoms with E-state index in [0.717, 1.165) is 21.0 Å². The van der Waals surface area contributed by atoms with Crippen molar-refractivity contribution < 1.29 is 27.5 Å². The van der Waals surface area contributed by atoms with Crippen molar-refractivity contribution in [1.29, 1.82) is 0 Å². The summed E-state index contributed by atoms with van der Waals surface area (Å²) in [5.74, 6) is 0.0150. The Labute approximate surface area is 249 Å². The molecule has 0 aliphatic carbocycles. The van der Waals surface area contributed by atoms with Crippen LogP contribution in [-0.4, -0.2) is 58.5 Å². The summed E-state index contributed by atoms with van der Waals surface area (Å²) >= 11 is 0. The predicted octanol–water partition coefficient (Wildman–Crippen LogP) is 4.71. The summed E-state index contributed by atoms with van der Waals surface area (Å²) in [5, 5.41) is 2.89. The molecule has 10 heteroatoms. The van der Waals surface area contributed by atoms with Crippen molar-refractivity contribution in [3.63, 3.8) is 0 Å². The van der Waals surface area contributed by atoms with Crippen LogP contribution >= 0.6 is 0 Å². The summed E-state index contributed by atoms with van der Waals surface area (Å²) < 4.78 is 40.1. The topological polar surface area (TPSA) is 105 Å². The fourth-order valence-corrected chi connectivity index (χ4v) is 5.96. The van der Waals surface area contributed by atoms with Crippen molar-refractivity contribution >= 4 is 27.5 Å². The fourth-order valence-electron chi connectivity index (χ4n) is 4.54. The molecule has 226 valence electrons. The van der Waals surface area contributed by atoms with Crippen molar-refractivity contribution in [2.75, 3.05) is 31.6 Å². The Balaban J connectivity index is 2.08. The van der Waals surface area contributed by atoms with Gasteiger partial charge in [0.1, 0.15) is 12.6 Å². The predicted molar refractivity (Wildman–Crippen MR) is 164 cm³/mol. The van der Waals surface area contributed by atoms with Crippen molar-refractivity contribution in [2.24, 2.45) is 5.92 Å². The van der Waals surface area contributed by atoms with Gasteiger partial charge in [0.05, 0.1) is 24.8 Å². The van der Waals surface area contributed by atoms with Crippen LogP contribution in [0.2, 0.25) is 0 Å². The minimum Gasteiger partial charge on any atom is -0.493 e. The second kappa shape index (κ2) is 14.2. The number of rotatable bonds is 13. The Morgan fingerprint density at radius 1 is 0.857 bits per heavy atom. The van der Waals surface area contributed by atoms with Crippen LogP contribution < -0.4 is 19.1 Å². The number of sulfonamides is 1. The molecule has 0 aliphatic rings. The van der Waals surface area contributed by atoms with E-state index >= 15 is 0 Å². The number of hydrogen-bond donors (Lipinski definition) is 1. The minimum absolute atomic E-state index is 0.0653. The second-order valence-corrected chi connectivity index (χ2v) is 12.6. The molecule has 0 spiro atoms. The third kappa shape index (κ3) is 8.03. The number of hydrogen-bond acceptors (Lipinski definition) is 6. The number of nitrogens with one attached hydrogen (secondary N) is 1. The quantitative estimate of drug-likeness (QED) is 0.307. The molecule has 0 bridgehead atoms. The minimum atomic E-state index is -4.26. The van der Waals surface area contributed by atoms with Crippen molar-refractivity contribution in [2.45, 2.75) is 52.1 Å². The van der Waals surface area contributed by atoms with Gasteiger partial charge in [0.2, 0.25) is 11.8 Å². The van der Waals surface area contributed by atoms with E-state index in [1.54, 1.807) is 19.1 Å². The number of amides is 2. The summed E-state index contributed by atoms with van der Waals surface area (Å²) in [6.45, 7) is 9.42. The maximum Gasteiger partial charge on any atom is 0.264 e. The molecular formula is C32H41N3O6S. The van der Waals surface area contributed by atoms with Crippen LogP contribution in [0, 0.1) is 19.8 Å². The van der Waals surface area contributed by atoms with Crippen LogP contribution in [0.5, 0.6) is 11.5 Å². The first kappa shape index (κ1) is 32.5. The lowest BCUT2D eigenvalue weighted by molar-refractivity contribution is -0.139. The average molecular weight is 596 g/mol. The zero-order valence-corrected chi connectivity index (χ0v) is 26.2. The van der Waals surface area contributed by atoms with Gasteiger partial charge in [-0.05, 0) is 67.6 Å². The normalized spacial score (nSPS) is 12.0. The van der Waals surface area contributed by atoms with Gasteiger partial charge in [-0.1, -0.05) is 50.2 Å². The van der Waals surface area contributed by atoms with Crippen LogP contribution in [0.3, 0.4) is 0 Å². The highest BCUT2D eigenvalue weighted by molar-refractivity contribution is 7.92. The molecule has 1 N–H and O–H groups in total. The highest BCUT2D eigenvalue weighted by Crippen LogP contribution is 2.33. The van der Waals surface area contributed by atoms with Gasteiger partial charge in [0, 0.05) is 19.2 Å². The Morgan fingerprint density at radius 3 is 2.05 bits per heavy atom. The number of nitrogens with zero attached hydrogens (tertiary/aromatic N) is 2. The lowest BCUT2D eigenvalue weighted by atomic mass is 10.1. The molecule has 3 rings (SSSR count). The average Bonchev–Trinajstić information content (AvgIpc) is 2.96. The van der Waals surface area contributed by atoms with Crippen LogP contribution in [0.4, 0.5) is 5.69 Å². The molecule has 1 unspecified atom stereocenters. The number of anilines is 1. The van der Waals surface area contributed by atoms with Gasteiger partial charge in [-0.25, -0.2) is 8.42 Å². The molecule has 2 amide bonds. The second-order valence-electron chi connectivity index (χ2n) is 10.7. The van der Waals surface area contributed by atoms with Crippen LogP contribution in [-0.2, 0) is 26.2 Å². The molecule has 3 aromatic rings. The Kier molecular flexibility index (Phi) is 11.0. The molecule has 3 aromatic carbocycles. The standard InChI is InChI=1S/C32H41N3O6S/c1-22(2)19-33-32(37)25(5)34(20-26-11-9-8-10-12-26)31(36)21-35(27-16-23(3)15-24(4)17-27)42(38,39)28-13-14-29(40-6)30(18-28)41-7/h8-18,22,25H,19-21H2,1-7H3,(H,33,37). The van der Waals surface area contributed by atoms with Gasteiger partial charge in [0.25, 0.3) is 10.0 Å². The van der Waals surface area contributed by atoms with Gasteiger partial charge in [-0.3, -0.25) is 13.9 Å². The lowest BCUT2D eigenvalue weighted by Crippen LogP contribution is -2.51. The molecule has 0 saturated heterocycles. The molecule has 0 aromatic heterocycles. The molecule has 0 heterocycles. The summed E-state index contributed by atoms with van der Waals surface area (Å²) in [6.07, 6.45) is 0. The number of carbonyl (C=O) groups excluding carboxylic acids is 2.